The van der Waals surface area contributed by atoms with Crippen molar-refractivity contribution in [1.29, 1.82) is 0 Å². The Morgan fingerprint density at radius 2 is 1.88 bits per heavy atom. The minimum absolute atomic E-state index is 0.159. The lowest BCUT2D eigenvalue weighted by Crippen LogP contribution is -2.19. The van der Waals surface area contributed by atoms with Crippen LogP contribution in [0.1, 0.15) is 16.7 Å². The summed E-state index contributed by atoms with van der Waals surface area (Å²) in [4.78, 5) is 17.5. The number of aliphatic imine (C=N–C) groups is 1. The number of carbonyl (C=O) groups excluding carboxylic acids is 1. The molecular weight excluding hydrogens is 578 g/mol. The lowest BCUT2D eigenvalue weighted by Gasteiger charge is -2.10. The van der Waals surface area contributed by atoms with Gasteiger partial charge in [-0.3, -0.25) is 4.79 Å². The largest absolute Gasteiger partial charge is 0.488 e. The number of thioether (sulfide) groups is 1. The summed E-state index contributed by atoms with van der Waals surface area (Å²) in [6.45, 7) is 2.36. The number of carbonyl (C=O) groups is 1. The number of nitrogens with one attached hydrogen (secondary N) is 1. The molecule has 0 aromatic heterocycles. The second kappa shape index (κ2) is 10.3. The van der Waals surface area contributed by atoms with Gasteiger partial charge in [-0.1, -0.05) is 53.0 Å². The fourth-order valence-corrected chi connectivity index (χ4v) is 4.89. The van der Waals surface area contributed by atoms with Crippen molar-refractivity contribution in [2.45, 2.75) is 13.5 Å². The molecule has 0 unspecified atom stereocenters. The Bertz CT molecular complexity index is 1240. The van der Waals surface area contributed by atoms with E-state index in [1.54, 1.807) is 12.1 Å². The summed E-state index contributed by atoms with van der Waals surface area (Å²) < 4.78 is 6.85. The van der Waals surface area contributed by atoms with Gasteiger partial charge in [0.1, 0.15) is 12.4 Å². The van der Waals surface area contributed by atoms with Crippen molar-refractivity contribution in [1.82, 2.24) is 5.32 Å². The van der Waals surface area contributed by atoms with Gasteiger partial charge in [-0.2, -0.15) is 0 Å². The fourth-order valence-electron chi connectivity index (χ4n) is 2.89. The number of amides is 1. The molecule has 0 saturated carbocycles. The number of halogens is 3. The minimum atomic E-state index is -0.159. The minimum Gasteiger partial charge on any atom is -0.488 e. The molecule has 0 bridgehead atoms. The molecule has 162 valence electrons. The SMILES string of the molecule is Cc1ccc(N=C2NC(=O)/C(=C\c3ccc(OCc4ccc(Cl)cc4Cl)c(I)c3)S2)cc1. The first-order valence-electron chi connectivity index (χ1n) is 9.60. The summed E-state index contributed by atoms with van der Waals surface area (Å²) in [5.41, 5.74) is 3.73. The van der Waals surface area contributed by atoms with E-state index in [9.17, 15) is 4.79 Å². The van der Waals surface area contributed by atoms with Crippen LogP contribution in [0.15, 0.2) is 70.6 Å². The maximum absolute atomic E-state index is 12.4. The molecule has 8 heteroatoms. The monoisotopic (exact) mass is 594 g/mol. The third-order valence-electron chi connectivity index (χ3n) is 4.57. The number of amidine groups is 1. The molecule has 0 atom stereocenters. The molecule has 1 heterocycles. The molecule has 1 amide bonds. The molecule has 32 heavy (non-hydrogen) atoms. The standard InChI is InChI=1S/C24H17Cl2IN2O2S/c1-14-2-7-18(8-3-14)28-24-29-23(30)22(32-24)11-15-4-9-21(20(27)10-15)31-13-16-5-6-17(25)12-19(16)26/h2-12H,13H2,1H3,(H,28,29,30)/b22-11+. The predicted molar refractivity (Wildman–Crippen MR) is 142 cm³/mol. The van der Waals surface area contributed by atoms with Crippen LogP contribution in [0.2, 0.25) is 10.0 Å². The van der Waals surface area contributed by atoms with Crippen molar-refractivity contribution in [3.8, 4) is 5.75 Å². The Hall–Kier alpha value is -2.00. The fraction of sp³-hybridized carbons (Fsp3) is 0.0833. The van der Waals surface area contributed by atoms with Crippen LogP contribution in [0.5, 0.6) is 5.75 Å². The molecule has 1 saturated heterocycles. The highest BCUT2D eigenvalue weighted by molar-refractivity contribution is 14.1. The third-order valence-corrected chi connectivity index (χ3v) is 6.91. The predicted octanol–water partition coefficient (Wildman–Crippen LogP) is 7.38. The second-order valence-corrected chi connectivity index (χ2v) is 10.1. The molecule has 1 fully saturated rings. The van der Waals surface area contributed by atoms with Gasteiger partial charge >= 0.3 is 0 Å². The van der Waals surface area contributed by atoms with Gasteiger partial charge in [-0.15, -0.1) is 0 Å². The molecule has 0 aliphatic carbocycles. The average molecular weight is 595 g/mol. The number of benzene rings is 3. The van der Waals surface area contributed by atoms with Gasteiger partial charge in [-0.05, 0) is 89.3 Å². The first kappa shape index (κ1) is 23.2. The summed E-state index contributed by atoms with van der Waals surface area (Å²) in [6.07, 6.45) is 1.85. The molecule has 1 aliphatic heterocycles. The van der Waals surface area contributed by atoms with Crippen LogP contribution in [0, 0.1) is 10.5 Å². The Kier molecular flexibility index (Phi) is 7.45. The van der Waals surface area contributed by atoms with Crippen molar-refractivity contribution in [2.24, 2.45) is 4.99 Å². The molecule has 4 rings (SSSR count). The van der Waals surface area contributed by atoms with Gasteiger partial charge < -0.3 is 10.1 Å². The van der Waals surface area contributed by atoms with Gasteiger partial charge in [-0.25, -0.2) is 4.99 Å². The quantitative estimate of drug-likeness (QED) is 0.248. The zero-order chi connectivity index (χ0) is 22.7. The zero-order valence-electron chi connectivity index (χ0n) is 16.9. The lowest BCUT2D eigenvalue weighted by atomic mass is 10.2. The first-order valence-corrected chi connectivity index (χ1v) is 12.2. The molecule has 1 aliphatic rings. The van der Waals surface area contributed by atoms with E-state index in [-0.39, 0.29) is 5.91 Å². The molecule has 3 aromatic carbocycles. The van der Waals surface area contributed by atoms with E-state index in [0.29, 0.717) is 26.7 Å². The number of aryl methyl sites for hydroxylation is 1. The molecule has 1 N–H and O–H groups in total. The van der Waals surface area contributed by atoms with Crippen molar-refractivity contribution in [3.63, 3.8) is 0 Å². The Morgan fingerprint density at radius 1 is 1.09 bits per heavy atom. The Morgan fingerprint density at radius 3 is 2.59 bits per heavy atom. The van der Waals surface area contributed by atoms with E-state index in [1.807, 2.05) is 61.5 Å². The summed E-state index contributed by atoms with van der Waals surface area (Å²) in [5, 5.41) is 4.55. The van der Waals surface area contributed by atoms with Crippen molar-refractivity contribution < 1.29 is 9.53 Å². The smallest absolute Gasteiger partial charge is 0.264 e. The number of hydrogen-bond acceptors (Lipinski definition) is 4. The summed E-state index contributed by atoms with van der Waals surface area (Å²) in [6, 6.07) is 18.9. The van der Waals surface area contributed by atoms with Crippen LogP contribution < -0.4 is 10.1 Å². The highest BCUT2D eigenvalue weighted by atomic mass is 127. The number of rotatable bonds is 5. The maximum Gasteiger partial charge on any atom is 0.264 e. The van der Waals surface area contributed by atoms with Gasteiger partial charge in [0.05, 0.1) is 14.2 Å². The Balaban J connectivity index is 1.45. The average Bonchev–Trinajstić information content (AvgIpc) is 3.09. The Labute approximate surface area is 214 Å². The lowest BCUT2D eigenvalue weighted by molar-refractivity contribution is -0.115. The number of hydrogen-bond donors (Lipinski definition) is 1. The molecule has 0 radical (unpaired) electrons. The van der Waals surface area contributed by atoms with Crippen molar-refractivity contribution in [3.05, 3.63) is 95.9 Å². The molecular formula is C24H17Cl2IN2O2S. The molecule has 3 aromatic rings. The van der Waals surface area contributed by atoms with Crippen LogP contribution in [0.4, 0.5) is 5.69 Å². The van der Waals surface area contributed by atoms with Crippen LogP contribution >= 0.6 is 57.6 Å². The van der Waals surface area contributed by atoms with E-state index < -0.39 is 0 Å². The van der Waals surface area contributed by atoms with Crippen molar-refractivity contribution in [2.75, 3.05) is 0 Å². The molecule has 0 spiro atoms. The highest BCUT2D eigenvalue weighted by Crippen LogP contribution is 2.30. The van der Waals surface area contributed by atoms with Gasteiger partial charge in [0.25, 0.3) is 5.91 Å². The number of nitrogens with zero attached hydrogens (tertiary/aromatic N) is 1. The van der Waals surface area contributed by atoms with E-state index in [1.165, 1.54) is 11.8 Å². The third kappa shape index (κ3) is 5.86. The van der Waals surface area contributed by atoms with Crippen LogP contribution in [0.3, 0.4) is 0 Å². The van der Waals surface area contributed by atoms with E-state index >= 15 is 0 Å². The first-order chi connectivity index (χ1) is 15.4. The van der Waals surface area contributed by atoms with E-state index in [2.05, 4.69) is 32.9 Å². The van der Waals surface area contributed by atoms with Crippen molar-refractivity contribution >= 4 is 80.4 Å². The van der Waals surface area contributed by atoms with E-state index in [4.69, 9.17) is 27.9 Å². The van der Waals surface area contributed by atoms with Crippen LogP contribution in [0.25, 0.3) is 6.08 Å². The van der Waals surface area contributed by atoms with E-state index in [0.717, 1.165) is 31.7 Å². The van der Waals surface area contributed by atoms with Crippen LogP contribution in [-0.2, 0) is 11.4 Å². The number of ether oxygens (including phenoxy) is 1. The summed E-state index contributed by atoms with van der Waals surface area (Å²) >= 11 is 15.7. The van der Waals surface area contributed by atoms with Gasteiger partial charge in [0.2, 0.25) is 0 Å². The second-order valence-electron chi connectivity index (χ2n) is 7.03. The normalized spacial score (nSPS) is 15.9. The summed E-state index contributed by atoms with van der Waals surface area (Å²) in [7, 11) is 0. The van der Waals surface area contributed by atoms with Crippen LogP contribution in [-0.4, -0.2) is 11.1 Å². The zero-order valence-corrected chi connectivity index (χ0v) is 21.3. The topological polar surface area (TPSA) is 50.7 Å². The maximum atomic E-state index is 12.4. The molecule has 4 nitrogen and oxygen atoms in total. The van der Waals surface area contributed by atoms with Gasteiger partial charge in [0, 0.05) is 15.6 Å². The highest BCUT2D eigenvalue weighted by Gasteiger charge is 2.23. The summed E-state index contributed by atoms with van der Waals surface area (Å²) in [5.74, 6) is 0.581. The van der Waals surface area contributed by atoms with Gasteiger partial charge in [0.15, 0.2) is 5.17 Å².